The minimum absolute atomic E-state index is 1.09. The van der Waals surface area contributed by atoms with Crippen LogP contribution in [0.5, 0.6) is 0 Å². The minimum Gasteiger partial charge on any atom is -0.310 e. The summed E-state index contributed by atoms with van der Waals surface area (Å²) in [5.41, 5.74) is 16.5. The molecule has 13 aromatic rings. The van der Waals surface area contributed by atoms with Gasteiger partial charge in [0.1, 0.15) is 0 Å². The van der Waals surface area contributed by atoms with Gasteiger partial charge in [-0.25, -0.2) is 0 Å². The Morgan fingerprint density at radius 2 is 0.742 bits per heavy atom. The van der Waals surface area contributed by atoms with Gasteiger partial charge < -0.3 is 9.47 Å². The van der Waals surface area contributed by atoms with Gasteiger partial charge in [0, 0.05) is 32.9 Å². The van der Waals surface area contributed by atoms with E-state index in [1.54, 1.807) is 0 Å². The van der Waals surface area contributed by atoms with Gasteiger partial charge in [0.05, 0.1) is 22.4 Å². The lowest BCUT2D eigenvalue weighted by molar-refractivity contribution is 1.20. The lowest BCUT2D eigenvalue weighted by Gasteiger charge is -2.28. The summed E-state index contributed by atoms with van der Waals surface area (Å²) in [5.74, 6) is 0. The second kappa shape index (κ2) is 15.5. The lowest BCUT2D eigenvalue weighted by atomic mass is 9.92. The molecule has 0 atom stereocenters. The smallest absolute Gasteiger partial charge is 0.0541 e. The van der Waals surface area contributed by atoms with Crippen molar-refractivity contribution in [2.75, 3.05) is 4.90 Å². The van der Waals surface area contributed by atoms with Gasteiger partial charge in [0.15, 0.2) is 0 Å². The predicted molar refractivity (Wildman–Crippen MR) is 281 cm³/mol. The van der Waals surface area contributed by atoms with Crippen molar-refractivity contribution in [3.8, 4) is 50.2 Å². The number of hydrogen-bond acceptors (Lipinski definition) is 1. The fourth-order valence-electron chi connectivity index (χ4n) is 10.5. The van der Waals surface area contributed by atoms with Crippen LogP contribution in [0.25, 0.3) is 104 Å². The first-order chi connectivity index (χ1) is 32.7. The molecule has 0 radical (unpaired) electrons. The maximum Gasteiger partial charge on any atom is 0.0541 e. The maximum absolute atomic E-state index is 2.46. The average Bonchev–Trinajstić information content (AvgIpc) is 3.73. The van der Waals surface area contributed by atoms with Gasteiger partial charge in [-0.3, -0.25) is 0 Å². The Morgan fingerprint density at radius 1 is 0.273 bits per heavy atom. The Labute approximate surface area is 383 Å². The van der Waals surface area contributed by atoms with Crippen LogP contribution in [-0.2, 0) is 0 Å². The standard InChI is InChI=1S/C64H42N2/c1-3-14-43(15-4-1)44-26-28-45(29-27-44)50-18-13-19-52(42-50)65(51-36-30-47(31-37-51)54-21-8-7-20-53(54)46-16-5-2-6-17-46)61-40-34-48-33-39-58-62(41-35-49-32-38-57(61)63(48)64(49)58)66-59-24-11-9-22-55(59)56-23-10-12-25-60(56)66/h1-42H. The van der Waals surface area contributed by atoms with E-state index in [1.165, 1.54) is 104 Å². The highest BCUT2D eigenvalue weighted by Gasteiger charge is 2.22. The van der Waals surface area contributed by atoms with E-state index in [2.05, 4.69) is 264 Å². The highest BCUT2D eigenvalue weighted by Crippen LogP contribution is 2.47. The van der Waals surface area contributed by atoms with Gasteiger partial charge in [0.2, 0.25) is 0 Å². The van der Waals surface area contributed by atoms with E-state index < -0.39 is 0 Å². The molecule has 66 heavy (non-hydrogen) atoms. The molecule has 0 aliphatic rings. The molecule has 13 rings (SSSR count). The number of aromatic nitrogens is 1. The van der Waals surface area contributed by atoms with E-state index in [0.717, 1.165) is 17.1 Å². The zero-order valence-electron chi connectivity index (χ0n) is 36.1. The van der Waals surface area contributed by atoms with Gasteiger partial charge in [0.25, 0.3) is 0 Å². The van der Waals surface area contributed by atoms with Crippen LogP contribution in [0.3, 0.4) is 0 Å². The van der Waals surface area contributed by atoms with Gasteiger partial charge in [-0.15, -0.1) is 0 Å². The molecule has 0 fully saturated rings. The van der Waals surface area contributed by atoms with Crippen molar-refractivity contribution in [3.05, 3.63) is 255 Å². The van der Waals surface area contributed by atoms with Crippen molar-refractivity contribution in [2.24, 2.45) is 0 Å². The number of anilines is 3. The van der Waals surface area contributed by atoms with E-state index in [1.807, 2.05) is 0 Å². The summed E-state index contributed by atoms with van der Waals surface area (Å²) in [7, 11) is 0. The molecule has 0 N–H and O–H groups in total. The van der Waals surface area contributed by atoms with Crippen LogP contribution in [0.2, 0.25) is 0 Å². The topological polar surface area (TPSA) is 8.17 Å². The zero-order valence-corrected chi connectivity index (χ0v) is 36.1. The fraction of sp³-hybridized carbons (Fsp3) is 0. The zero-order chi connectivity index (χ0) is 43.6. The van der Waals surface area contributed by atoms with E-state index in [9.17, 15) is 0 Å². The van der Waals surface area contributed by atoms with Crippen LogP contribution in [-0.4, -0.2) is 4.57 Å². The Hall–Kier alpha value is -8.72. The lowest BCUT2D eigenvalue weighted by Crippen LogP contribution is -2.11. The molecule has 12 aromatic carbocycles. The SMILES string of the molecule is c1ccc(-c2ccc(-c3cccc(N(c4ccc(-c5ccccc5-c5ccccc5)cc4)c4ccc5ccc6c(-n7c8ccccc8c8ccccc87)ccc7ccc4c5c76)c3)cc2)cc1. The first kappa shape index (κ1) is 37.8. The van der Waals surface area contributed by atoms with Crippen molar-refractivity contribution in [2.45, 2.75) is 0 Å². The summed E-state index contributed by atoms with van der Waals surface area (Å²) < 4.78 is 2.46. The van der Waals surface area contributed by atoms with Crippen LogP contribution in [0.1, 0.15) is 0 Å². The van der Waals surface area contributed by atoms with Gasteiger partial charge in [-0.05, 0) is 115 Å². The van der Waals surface area contributed by atoms with Crippen LogP contribution in [0.15, 0.2) is 255 Å². The second-order valence-corrected chi connectivity index (χ2v) is 17.2. The molecule has 0 aliphatic carbocycles. The number of nitrogens with zero attached hydrogens (tertiary/aromatic N) is 2. The molecule has 2 nitrogen and oxygen atoms in total. The Balaban J connectivity index is 0.999. The molecule has 0 saturated heterocycles. The van der Waals surface area contributed by atoms with Crippen molar-refractivity contribution < 1.29 is 0 Å². The van der Waals surface area contributed by atoms with Crippen molar-refractivity contribution in [1.29, 1.82) is 0 Å². The number of rotatable bonds is 8. The van der Waals surface area contributed by atoms with Gasteiger partial charge in [-0.1, -0.05) is 206 Å². The highest BCUT2D eigenvalue weighted by atomic mass is 15.1. The van der Waals surface area contributed by atoms with Crippen molar-refractivity contribution in [3.63, 3.8) is 0 Å². The van der Waals surface area contributed by atoms with E-state index in [4.69, 9.17) is 0 Å². The third kappa shape index (κ3) is 6.18. The van der Waals surface area contributed by atoms with E-state index in [-0.39, 0.29) is 0 Å². The minimum atomic E-state index is 1.09. The molecule has 0 unspecified atom stereocenters. The molecule has 0 amide bonds. The third-order valence-electron chi connectivity index (χ3n) is 13.6. The number of hydrogen-bond donors (Lipinski definition) is 0. The second-order valence-electron chi connectivity index (χ2n) is 17.2. The van der Waals surface area contributed by atoms with Crippen LogP contribution in [0, 0.1) is 0 Å². The molecule has 2 heteroatoms. The van der Waals surface area contributed by atoms with Crippen LogP contribution in [0.4, 0.5) is 17.1 Å². The fourth-order valence-corrected chi connectivity index (χ4v) is 10.5. The molecular weight excluding hydrogens is 797 g/mol. The molecule has 0 saturated carbocycles. The van der Waals surface area contributed by atoms with Gasteiger partial charge in [-0.2, -0.15) is 0 Å². The number of fused-ring (bicyclic) bond motifs is 3. The molecular formula is C64H42N2. The molecule has 0 bridgehead atoms. The maximum atomic E-state index is 2.46. The number of benzene rings is 12. The van der Waals surface area contributed by atoms with Gasteiger partial charge >= 0.3 is 0 Å². The summed E-state index contributed by atoms with van der Waals surface area (Å²) >= 11 is 0. The molecule has 0 aliphatic heterocycles. The third-order valence-corrected chi connectivity index (χ3v) is 13.6. The number of para-hydroxylation sites is 2. The Kier molecular flexibility index (Phi) is 8.89. The Bertz CT molecular complexity index is 3850. The van der Waals surface area contributed by atoms with Crippen LogP contribution < -0.4 is 4.90 Å². The normalized spacial score (nSPS) is 11.6. The summed E-state index contributed by atoms with van der Waals surface area (Å²) in [6.45, 7) is 0. The van der Waals surface area contributed by atoms with E-state index in [0.29, 0.717) is 0 Å². The quantitative estimate of drug-likeness (QED) is 0.138. The highest BCUT2D eigenvalue weighted by molar-refractivity contribution is 6.27. The van der Waals surface area contributed by atoms with Crippen LogP contribution >= 0.6 is 0 Å². The molecule has 0 spiro atoms. The summed E-state index contributed by atoms with van der Waals surface area (Å²) in [6, 6.07) is 93.2. The van der Waals surface area contributed by atoms with E-state index >= 15 is 0 Å². The molecule has 1 aromatic heterocycles. The summed E-state index contributed by atoms with van der Waals surface area (Å²) in [4.78, 5) is 2.45. The van der Waals surface area contributed by atoms with Crippen molar-refractivity contribution in [1.82, 2.24) is 4.57 Å². The predicted octanol–water partition coefficient (Wildman–Crippen LogP) is 17.8. The Morgan fingerprint density at radius 3 is 1.41 bits per heavy atom. The summed E-state index contributed by atoms with van der Waals surface area (Å²) in [6.07, 6.45) is 0. The first-order valence-corrected chi connectivity index (χ1v) is 22.8. The monoisotopic (exact) mass is 838 g/mol. The largest absolute Gasteiger partial charge is 0.310 e. The van der Waals surface area contributed by atoms with Crippen molar-refractivity contribution >= 4 is 71.2 Å². The first-order valence-electron chi connectivity index (χ1n) is 22.8. The summed E-state index contributed by atoms with van der Waals surface area (Å²) in [5, 5.41) is 10.00. The molecule has 308 valence electrons. The molecule has 1 heterocycles. The average molecular weight is 839 g/mol.